The largest absolute Gasteiger partial charge is 0.465 e. The van der Waals surface area contributed by atoms with E-state index < -0.39 is 5.97 Å². The lowest BCUT2D eigenvalue weighted by molar-refractivity contribution is 0.0600. The van der Waals surface area contributed by atoms with Gasteiger partial charge in [0.1, 0.15) is 5.82 Å². The third-order valence-electron chi connectivity index (χ3n) is 2.21. The zero-order valence-electron chi connectivity index (χ0n) is 9.60. The molecule has 0 amide bonds. The number of hydrogen-bond donors (Lipinski definition) is 2. The van der Waals surface area contributed by atoms with Crippen molar-refractivity contribution in [3.63, 3.8) is 0 Å². The van der Waals surface area contributed by atoms with Crippen molar-refractivity contribution in [1.82, 2.24) is 9.97 Å². The van der Waals surface area contributed by atoms with E-state index in [1.807, 2.05) is 0 Å². The standard InChI is InChI=1S/C11H11N3O3S/c1-17-10(15)7-2-3-12-9(4-7)13-5-8-6-18-11(16)14-8/h2-4,6H,5H2,1H3,(H,12,13)(H,14,16). The predicted molar refractivity (Wildman–Crippen MR) is 67.8 cm³/mol. The van der Waals surface area contributed by atoms with E-state index in [-0.39, 0.29) is 4.87 Å². The molecular formula is C11H11N3O3S. The molecule has 0 aliphatic rings. The molecule has 7 heteroatoms. The van der Waals surface area contributed by atoms with Crippen molar-refractivity contribution in [2.45, 2.75) is 6.54 Å². The van der Waals surface area contributed by atoms with Crippen molar-refractivity contribution in [2.75, 3.05) is 12.4 Å². The molecule has 0 unspecified atom stereocenters. The Hall–Kier alpha value is -2.15. The van der Waals surface area contributed by atoms with Crippen LogP contribution in [0, 0.1) is 0 Å². The highest BCUT2D eigenvalue weighted by atomic mass is 32.1. The summed E-state index contributed by atoms with van der Waals surface area (Å²) in [6.45, 7) is 0.441. The molecule has 2 N–H and O–H groups in total. The Kier molecular flexibility index (Phi) is 3.73. The van der Waals surface area contributed by atoms with Gasteiger partial charge in [0, 0.05) is 17.3 Å². The molecule has 2 heterocycles. The second kappa shape index (κ2) is 5.46. The number of methoxy groups -OCH3 is 1. The van der Waals surface area contributed by atoms with Crippen LogP contribution in [0.2, 0.25) is 0 Å². The van der Waals surface area contributed by atoms with E-state index in [4.69, 9.17) is 0 Å². The zero-order chi connectivity index (χ0) is 13.0. The van der Waals surface area contributed by atoms with Crippen LogP contribution in [0.25, 0.3) is 0 Å². The summed E-state index contributed by atoms with van der Waals surface area (Å²) in [4.78, 5) is 28.9. The number of carbonyl (C=O) groups excluding carboxylic acids is 1. The van der Waals surface area contributed by atoms with Crippen molar-refractivity contribution in [1.29, 1.82) is 0 Å². The van der Waals surface area contributed by atoms with Gasteiger partial charge in [0.15, 0.2) is 0 Å². The Morgan fingerprint density at radius 1 is 1.61 bits per heavy atom. The van der Waals surface area contributed by atoms with E-state index >= 15 is 0 Å². The van der Waals surface area contributed by atoms with Gasteiger partial charge in [-0.15, -0.1) is 0 Å². The van der Waals surface area contributed by atoms with E-state index in [2.05, 4.69) is 20.0 Å². The van der Waals surface area contributed by atoms with Crippen LogP contribution in [-0.2, 0) is 11.3 Å². The number of thiazole rings is 1. The number of nitrogens with one attached hydrogen (secondary N) is 2. The third kappa shape index (κ3) is 2.95. The Bertz CT molecular complexity index is 605. The fourth-order valence-electron chi connectivity index (χ4n) is 1.36. The molecule has 6 nitrogen and oxygen atoms in total. The molecule has 0 fully saturated rings. The van der Waals surface area contributed by atoms with Crippen LogP contribution < -0.4 is 10.2 Å². The minimum atomic E-state index is -0.413. The van der Waals surface area contributed by atoms with Crippen molar-refractivity contribution in [3.05, 3.63) is 44.6 Å². The molecule has 2 aromatic heterocycles. The summed E-state index contributed by atoms with van der Waals surface area (Å²) in [6.07, 6.45) is 1.52. The van der Waals surface area contributed by atoms with Gasteiger partial charge in [0.2, 0.25) is 0 Å². The van der Waals surface area contributed by atoms with Gasteiger partial charge < -0.3 is 15.0 Å². The predicted octanol–water partition coefficient (Wildman–Crippen LogP) is 1.23. The van der Waals surface area contributed by atoms with Crippen molar-refractivity contribution >= 4 is 23.1 Å². The fourth-order valence-corrected chi connectivity index (χ4v) is 1.94. The van der Waals surface area contributed by atoms with Gasteiger partial charge in [0.05, 0.1) is 19.2 Å². The van der Waals surface area contributed by atoms with E-state index in [9.17, 15) is 9.59 Å². The summed E-state index contributed by atoms with van der Waals surface area (Å²) in [5, 5.41) is 4.75. The maximum Gasteiger partial charge on any atom is 0.338 e. The number of carbonyl (C=O) groups is 1. The second-order valence-electron chi connectivity index (χ2n) is 3.45. The number of nitrogens with zero attached hydrogens (tertiary/aromatic N) is 1. The van der Waals surface area contributed by atoms with Crippen molar-refractivity contribution in [2.24, 2.45) is 0 Å². The van der Waals surface area contributed by atoms with Crippen molar-refractivity contribution < 1.29 is 9.53 Å². The van der Waals surface area contributed by atoms with Crippen LogP contribution in [0.15, 0.2) is 28.5 Å². The first-order valence-electron chi connectivity index (χ1n) is 5.14. The second-order valence-corrected chi connectivity index (χ2v) is 4.29. The summed E-state index contributed by atoms with van der Waals surface area (Å²) in [6, 6.07) is 3.17. The fraction of sp³-hybridized carbons (Fsp3) is 0.182. The number of ether oxygens (including phenoxy) is 1. The Balaban J connectivity index is 2.05. The number of aromatic nitrogens is 2. The maximum atomic E-state index is 11.3. The molecule has 0 radical (unpaired) electrons. The number of rotatable bonds is 4. The molecule has 0 bridgehead atoms. The smallest absolute Gasteiger partial charge is 0.338 e. The van der Waals surface area contributed by atoms with Crippen LogP contribution in [0.4, 0.5) is 5.82 Å². The molecule has 2 rings (SSSR count). The molecule has 94 valence electrons. The molecule has 0 aliphatic carbocycles. The monoisotopic (exact) mass is 265 g/mol. The van der Waals surface area contributed by atoms with E-state index in [0.717, 1.165) is 17.0 Å². The summed E-state index contributed by atoms with van der Waals surface area (Å²) in [5.41, 5.74) is 1.20. The average molecular weight is 265 g/mol. The first-order valence-corrected chi connectivity index (χ1v) is 6.02. The minimum absolute atomic E-state index is 0.0944. The molecule has 0 spiro atoms. The van der Waals surface area contributed by atoms with E-state index in [1.165, 1.54) is 13.3 Å². The molecule has 0 atom stereocenters. The number of esters is 1. The van der Waals surface area contributed by atoms with Gasteiger partial charge in [0.25, 0.3) is 0 Å². The summed E-state index contributed by atoms with van der Waals surface area (Å²) >= 11 is 1.11. The maximum absolute atomic E-state index is 11.3. The van der Waals surface area contributed by atoms with Crippen LogP contribution in [0.1, 0.15) is 16.1 Å². The van der Waals surface area contributed by atoms with Gasteiger partial charge in [-0.25, -0.2) is 9.78 Å². The highest BCUT2D eigenvalue weighted by Gasteiger charge is 2.06. The van der Waals surface area contributed by atoms with Crippen LogP contribution in [0.5, 0.6) is 0 Å². The summed E-state index contributed by atoms with van der Waals surface area (Å²) in [7, 11) is 1.33. The molecule has 0 saturated carbocycles. The highest BCUT2D eigenvalue weighted by Crippen LogP contribution is 2.09. The lowest BCUT2D eigenvalue weighted by Crippen LogP contribution is -2.06. The molecular weight excluding hydrogens is 254 g/mol. The first kappa shape index (κ1) is 12.3. The van der Waals surface area contributed by atoms with E-state index in [0.29, 0.717) is 17.9 Å². The van der Waals surface area contributed by atoms with E-state index in [1.54, 1.807) is 17.5 Å². The van der Waals surface area contributed by atoms with Gasteiger partial charge >= 0.3 is 10.8 Å². The zero-order valence-corrected chi connectivity index (χ0v) is 10.4. The minimum Gasteiger partial charge on any atom is -0.465 e. The number of aromatic amines is 1. The molecule has 0 saturated heterocycles. The lowest BCUT2D eigenvalue weighted by Gasteiger charge is -2.05. The Morgan fingerprint density at radius 2 is 2.44 bits per heavy atom. The van der Waals surface area contributed by atoms with Gasteiger partial charge in [-0.3, -0.25) is 4.79 Å². The molecule has 0 aliphatic heterocycles. The highest BCUT2D eigenvalue weighted by molar-refractivity contribution is 7.07. The van der Waals surface area contributed by atoms with Gasteiger partial charge in [-0.05, 0) is 12.1 Å². The average Bonchev–Trinajstić information content (AvgIpc) is 2.81. The number of hydrogen-bond acceptors (Lipinski definition) is 6. The Morgan fingerprint density at radius 3 is 3.11 bits per heavy atom. The first-order chi connectivity index (χ1) is 8.69. The van der Waals surface area contributed by atoms with Gasteiger partial charge in [-0.1, -0.05) is 11.3 Å². The van der Waals surface area contributed by atoms with Crippen molar-refractivity contribution in [3.8, 4) is 0 Å². The van der Waals surface area contributed by atoms with Crippen LogP contribution in [0.3, 0.4) is 0 Å². The Labute approximate surface area is 107 Å². The number of pyridine rings is 1. The normalized spacial score (nSPS) is 10.1. The number of H-pyrrole nitrogens is 1. The molecule has 0 aromatic carbocycles. The van der Waals surface area contributed by atoms with Crippen LogP contribution >= 0.6 is 11.3 Å². The van der Waals surface area contributed by atoms with Gasteiger partial charge in [-0.2, -0.15) is 0 Å². The summed E-state index contributed by atoms with van der Waals surface area (Å²) in [5.74, 6) is 0.134. The lowest BCUT2D eigenvalue weighted by atomic mass is 10.2. The summed E-state index contributed by atoms with van der Waals surface area (Å²) < 4.78 is 4.62. The number of anilines is 1. The molecule has 18 heavy (non-hydrogen) atoms. The topological polar surface area (TPSA) is 84.1 Å². The third-order valence-corrected chi connectivity index (χ3v) is 2.93. The van der Waals surface area contributed by atoms with Crippen LogP contribution in [-0.4, -0.2) is 23.0 Å². The quantitative estimate of drug-likeness (QED) is 0.812. The molecule has 2 aromatic rings. The SMILES string of the molecule is COC(=O)c1ccnc(NCc2csc(=O)[nH]2)c1.